The molecule has 1 aromatic carbocycles. The highest BCUT2D eigenvalue weighted by molar-refractivity contribution is 7.15. The van der Waals surface area contributed by atoms with E-state index in [-0.39, 0.29) is 34.5 Å². The number of thiazole rings is 1. The number of piperidine rings is 1. The first-order chi connectivity index (χ1) is 22.4. The lowest BCUT2D eigenvalue weighted by atomic mass is 9.74. The number of nitrogens with one attached hydrogen (secondary N) is 1. The molecule has 1 spiro atoms. The van der Waals surface area contributed by atoms with Gasteiger partial charge in [-0.3, -0.25) is 9.59 Å². The van der Waals surface area contributed by atoms with Gasteiger partial charge in [0.25, 0.3) is 5.56 Å². The Hall–Kier alpha value is -3.98. The van der Waals surface area contributed by atoms with Crippen molar-refractivity contribution >= 4 is 46.4 Å². The van der Waals surface area contributed by atoms with Crippen LogP contribution >= 0.6 is 22.9 Å². The van der Waals surface area contributed by atoms with E-state index in [2.05, 4.69) is 15.4 Å². The van der Waals surface area contributed by atoms with Crippen LogP contribution in [0.25, 0.3) is 16.5 Å². The molecule has 0 radical (unpaired) electrons. The highest BCUT2D eigenvalue weighted by Crippen LogP contribution is 2.50. The average molecular weight is 706 g/mol. The molecule has 48 heavy (non-hydrogen) atoms. The van der Waals surface area contributed by atoms with Crippen LogP contribution in [0.4, 0.5) is 23.7 Å². The van der Waals surface area contributed by atoms with Crippen LogP contribution in [-0.2, 0) is 27.7 Å². The Morgan fingerprint density at radius 3 is 2.42 bits per heavy atom. The van der Waals surface area contributed by atoms with Crippen molar-refractivity contribution in [3.63, 3.8) is 0 Å². The van der Waals surface area contributed by atoms with E-state index in [0.717, 1.165) is 23.2 Å². The Morgan fingerprint density at radius 2 is 1.83 bits per heavy atom. The van der Waals surface area contributed by atoms with Crippen molar-refractivity contribution < 1.29 is 27.5 Å². The van der Waals surface area contributed by atoms with E-state index in [4.69, 9.17) is 21.3 Å². The van der Waals surface area contributed by atoms with E-state index in [9.17, 15) is 27.6 Å². The SMILES string of the molecule is Cc1nc(C)c(-c2nc3n(CC(=O)Nc4ccc(C(F)(F)F)cc4Cl)c4c(c(=O)n3n2)C2(CCN(C(=O)OC(C)(C)C)CC2)CC4C)s1. The van der Waals surface area contributed by atoms with Crippen molar-refractivity contribution in [3.05, 3.63) is 61.1 Å². The van der Waals surface area contributed by atoms with Gasteiger partial charge in [-0.15, -0.1) is 16.4 Å². The number of aryl methyl sites for hydroxylation is 2. The number of ether oxygens (including phenoxy) is 1. The molecule has 0 bridgehead atoms. The number of alkyl halides is 3. The molecular weight excluding hydrogens is 671 g/mol. The van der Waals surface area contributed by atoms with Gasteiger partial charge in [0.15, 0.2) is 5.82 Å². The van der Waals surface area contributed by atoms with Gasteiger partial charge in [-0.05, 0) is 78.0 Å². The van der Waals surface area contributed by atoms with Gasteiger partial charge in [0.05, 0.1) is 31.9 Å². The minimum absolute atomic E-state index is 0.0142. The second-order valence-electron chi connectivity index (χ2n) is 13.5. The third-order valence-electron chi connectivity index (χ3n) is 8.83. The van der Waals surface area contributed by atoms with Crippen LogP contribution in [0.2, 0.25) is 5.02 Å². The molecule has 0 saturated carbocycles. The van der Waals surface area contributed by atoms with Crippen LogP contribution in [0, 0.1) is 13.8 Å². The largest absolute Gasteiger partial charge is 0.444 e. The van der Waals surface area contributed by atoms with E-state index >= 15 is 0 Å². The molecule has 1 unspecified atom stereocenters. The first kappa shape index (κ1) is 33.9. The minimum atomic E-state index is -4.59. The summed E-state index contributed by atoms with van der Waals surface area (Å²) in [5.74, 6) is -0.296. The molecule has 4 aromatic rings. The Balaban J connectivity index is 1.42. The van der Waals surface area contributed by atoms with Crippen LogP contribution in [0.5, 0.6) is 0 Å². The molecule has 3 aromatic heterocycles. The van der Waals surface area contributed by atoms with Gasteiger partial charge in [-0.1, -0.05) is 18.5 Å². The molecule has 1 aliphatic carbocycles. The lowest BCUT2D eigenvalue weighted by Crippen LogP contribution is -2.48. The van der Waals surface area contributed by atoms with Crippen molar-refractivity contribution in [2.45, 2.75) is 90.5 Å². The maximum absolute atomic E-state index is 14.4. The second kappa shape index (κ2) is 11.9. The molecule has 1 fully saturated rings. The molecule has 11 nitrogen and oxygen atoms in total. The molecular formula is C32H35ClF3N7O4S. The monoisotopic (exact) mass is 705 g/mol. The van der Waals surface area contributed by atoms with Gasteiger partial charge in [0.1, 0.15) is 12.1 Å². The lowest BCUT2D eigenvalue weighted by Gasteiger charge is -2.40. The van der Waals surface area contributed by atoms with E-state index in [0.29, 0.717) is 60.0 Å². The fraction of sp³-hybridized carbons (Fsp3) is 0.500. The summed E-state index contributed by atoms with van der Waals surface area (Å²) >= 11 is 7.53. The lowest BCUT2D eigenvalue weighted by molar-refractivity contribution is -0.137. The number of benzene rings is 1. The number of fused-ring (bicyclic) bond motifs is 3. The number of nitrogens with zero attached hydrogens (tertiary/aromatic N) is 6. The number of carbonyl (C=O) groups is 2. The molecule has 256 valence electrons. The minimum Gasteiger partial charge on any atom is -0.444 e. The van der Waals surface area contributed by atoms with Crippen LogP contribution in [0.15, 0.2) is 23.0 Å². The summed E-state index contributed by atoms with van der Waals surface area (Å²) in [7, 11) is 0. The van der Waals surface area contributed by atoms with Gasteiger partial charge >= 0.3 is 12.3 Å². The van der Waals surface area contributed by atoms with Gasteiger partial charge in [0, 0.05) is 29.8 Å². The molecule has 1 aliphatic heterocycles. The van der Waals surface area contributed by atoms with Crippen molar-refractivity contribution in [2.24, 2.45) is 0 Å². The van der Waals surface area contributed by atoms with E-state index in [1.807, 2.05) is 41.5 Å². The highest BCUT2D eigenvalue weighted by atomic mass is 35.5. The predicted octanol–water partition coefficient (Wildman–Crippen LogP) is 6.72. The number of hydrogen-bond acceptors (Lipinski definition) is 8. The van der Waals surface area contributed by atoms with E-state index < -0.39 is 34.8 Å². The van der Waals surface area contributed by atoms with Crippen LogP contribution in [0.1, 0.15) is 80.4 Å². The van der Waals surface area contributed by atoms with Gasteiger partial charge in [0.2, 0.25) is 11.7 Å². The smallest absolute Gasteiger partial charge is 0.416 e. The van der Waals surface area contributed by atoms with Gasteiger partial charge in [-0.2, -0.15) is 22.7 Å². The van der Waals surface area contributed by atoms with Crippen molar-refractivity contribution in [1.29, 1.82) is 0 Å². The number of hydrogen-bond donors (Lipinski definition) is 1. The highest BCUT2D eigenvalue weighted by Gasteiger charge is 2.49. The first-order valence-electron chi connectivity index (χ1n) is 15.5. The van der Waals surface area contributed by atoms with Crippen molar-refractivity contribution in [2.75, 3.05) is 18.4 Å². The zero-order valence-electron chi connectivity index (χ0n) is 27.3. The number of rotatable bonds is 4. The van der Waals surface area contributed by atoms with Crippen LogP contribution < -0.4 is 10.9 Å². The number of halogens is 4. The quantitative estimate of drug-likeness (QED) is 0.250. The Kier molecular flexibility index (Phi) is 8.38. The molecule has 16 heteroatoms. The summed E-state index contributed by atoms with van der Waals surface area (Å²) < 4.78 is 48.1. The zero-order chi connectivity index (χ0) is 34.9. The number of anilines is 1. The Morgan fingerprint density at radius 1 is 1.15 bits per heavy atom. The number of carbonyl (C=O) groups excluding carboxylic acids is 2. The fourth-order valence-corrected chi connectivity index (χ4v) is 7.96. The number of likely N-dealkylation sites (tertiary alicyclic amines) is 1. The predicted molar refractivity (Wildman–Crippen MR) is 175 cm³/mol. The van der Waals surface area contributed by atoms with Crippen LogP contribution in [-0.4, -0.2) is 59.7 Å². The normalized spacial score (nSPS) is 17.6. The molecule has 2 aliphatic rings. The molecule has 1 saturated heterocycles. The average Bonchev–Trinajstić information content (AvgIpc) is 3.64. The van der Waals surface area contributed by atoms with E-state index in [1.165, 1.54) is 15.9 Å². The van der Waals surface area contributed by atoms with Crippen molar-refractivity contribution in [1.82, 2.24) is 29.0 Å². The third kappa shape index (κ3) is 6.17. The fourth-order valence-electron chi connectivity index (χ4n) is 6.88. The maximum atomic E-state index is 14.4. The molecule has 6 rings (SSSR count). The summed E-state index contributed by atoms with van der Waals surface area (Å²) in [6.45, 7) is 11.5. The summed E-state index contributed by atoms with van der Waals surface area (Å²) in [6, 6.07) is 2.71. The summed E-state index contributed by atoms with van der Waals surface area (Å²) in [5, 5.41) is 7.78. The van der Waals surface area contributed by atoms with Gasteiger partial charge in [-0.25, -0.2) is 9.78 Å². The summed E-state index contributed by atoms with van der Waals surface area (Å²) in [6.07, 6.45) is -3.38. The molecule has 4 heterocycles. The number of amides is 2. The van der Waals surface area contributed by atoms with E-state index in [1.54, 1.807) is 9.47 Å². The molecule has 1 atom stereocenters. The van der Waals surface area contributed by atoms with Crippen LogP contribution in [0.3, 0.4) is 0 Å². The maximum Gasteiger partial charge on any atom is 0.416 e. The van der Waals surface area contributed by atoms with Gasteiger partial charge < -0.3 is 19.5 Å². The third-order valence-corrected chi connectivity index (χ3v) is 10.2. The first-order valence-corrected chi connectivity index (χ1v) is 16.7. The van der Waals surface area contributed by atoms with Crippen molar-refractivity contribution in [3.8, 4) is 10.7 Å². The molecule has 1 N–H and O–H groups in total. The Labute approximate surface area is 283 Å². The number of aromatic nitrogens is 5. The zero-order valence-corrected chi connectivity index (χ0v) is 28.9. The summed E-state index contributed by atoms with van der Waals surface area (Å²) in [4.78, 5) is 52.4. The summed E-state index contributed by atoms with van der Waals surface area (Å²) in [5.41, 5.74) is -0.624. The standard InChI is InChI=1S/C32H35ClF3N7O4S/c1-16-14-31(9-11-41(12-10-31)29(46)47-30(4,5)6)23-24(16)42(15-22(44)38-21-8-7-19(13-20(21)33)32(34,35)36)28-39-26(40-43(28)27(23)45)25-17(2)37-18(3)48-25/h7-8,13,16H,9-12,14-15H2,1-6H3,(H,38,44). The Bertz CT molecular complexity index is 2010. The second-order valence-corrected chi connectivity index (χ2v) is 15.2. The topological polar surface area (TPSA) is 124 Å². The molecule has 2 amide bonds.